The summed E-state index contributed by atoms with van der Waals surface area (Å²) in [4.78, 5) is 58.0. The lowest BCUT2D eigenvalue weighted by molar-refractivity contribution is 1.21. The van der Waals surface area contributed by atoms with E-state index in [0.29, 0.717) is 0 Å². The summed E-state index contributed by atoms with van der Waals surface area (Å²) in [6, 6.07) is 101. The van der Waals surface area contributed by atoms with Crippen LogP contribution in [0.3, 0.4) is 0 Å². The molecular weight excluding hydrogens is 1710 g/mol. The van der Waals surface area contributed by atoms with E-state index in [4.69, 9.17) is 44.9 Å². The van der Waals surface area contributed by atoms with Crippen molar-refractivity contribution in [1.29, 1.82) is 0 Å². The van der Waals surface area contributed by atoms with Crippen molar-refractivity contribution in [2.75, 3.05) is 0 Å². The molecule has 16 heterocycles. The van der Waals surface area contributed by atoms with E-state index in [-0.39, 0.29) is 0 Å². The molecular formula is C124H72N16. The van der Waals surface area contributed by atoms with Crippen molar-refractivity contribution in [2.24, 2.45) is 0 Å². The largest absolute Gasteiger partial charge is 0.276 e. The number of fused-ring (bicyclic) bond motifs is 60. The van der Waals surface area contributed by atoms with Crippen molar-refractivity contribution in [3.8, 4) is 89.0 Å². The molecule has 648 valence electrons. The van der Waals surface area contributed by atoms with Crippen molar-refractivity contribution in [2.45, 2.75) is 51.4 Å². The second kappa shape index (κ2) is 27.7. The third-order valence-electron chi connectivity index (χ3n) is 31.6. The van der Waals surface area contributed by atoms with Gasteiger partial charge in [0, 0.05) is 110 Å². The summed E-state index contributed by atoms with van der Waals surface area (Å²) < 4.78 is 8.87. The van der Waals surface area contributed by atoms with Gasteiger partial charge in [-0.25, -0.2) is 39.9 Å². The van der Waals surface area contributed by atoms with Gasteiger partial charge in [0.15, 0.2) is 5.65 Å². The number of hydrogen-bond acceptors (Lipinski definition) is 12. The highest BCUT2D eigenvalue weighted by Gasteiger charge is 2.37. The smallest absolute Gasteiger partial charge is 0.166 e. The first kappa shape index (κ1) is 75.1. The Morgan fingerprint density at radius 1 is 0.164 bits per heavy atom. The van der Waals surface area contributed by atoms with Crippen molar-refractivity contribution in [3.63, 3.8) is 0 Å². The molecule has 16 aromatic heterocycles. The minimum Gasteiger partial charge on any atom is -0.276 e. The molecule has 16 nitrogen and oxygen atoms in total. The first-order valence-corrected chi connectivity index (χ1v) is 48.2. The Morgan fingerprint density at radius 3 is 0.821 bits per heavy atom. The molecule has 0 bridgehead atoms. The zero-order chi connectivity index (χ0) is 90.7. The number of hydrogen-bond donors (Lipinski definition) is 0. The lowest BCUT2D eigenvalue weighted by Gasteiger charge is -2.10. The number of rotatable bonds is 0. The van der Waals surface area contributed by atoms with Gasteiger partial charge in [-0.3, -0.25) is 37.5 Å². The number of imidazole rings is 4. The quantitative estimate of drug-likeness (QED) is 0.132. The van der Waals surface area contributed by atoms with Crippen LogP contribution in [0.5, 0.6) is 0 Å². The summed E-state index contributed by atoms with van der Waals surface area (Å²) in [6.07, 6.45) is 26.5. The molecule has 0 saturated heterocycles. The van der Waals surface area contributed by atoms with Crippen molar-refractivity contribution in [1.82, 2.24) is 77.4 Å². The van der Waals surface area contributed by atoms with E-state index >= 15 is 0 Å². The van der Waals surface area contributed by atoms with E-state index < -0.39 is 0 Å². The molecule has 0 atom stereocenters. The molecule has 0 unspecified atom stereocenters. The van der Waals surface area contributed by atoms with Crippen LogP contribution in [0.25, 0.3) is 243 Å². The lowest BCUT2D eigenvalue weighted by Crippen LogP contribution is -1.95. The Kier molecular flexibility index (Phi) is 14.9. The Balaban J connectivity index is 0.0000000829. The van der Waals surface area contributed by atoms with Crippen molar-refractivity contribution in [3.05, 3.63) is 430 Å². The predicted octanol–water partition coefficient (Wildman–Crippen LogP) is 26.9. The van der Waals surface area contributed by atoms with E-state index in [1.165, 1.54) is 178 Å². The fourth-order valence-electron chi connectivity index (χ4n) is 25.8. The van der Waals surface area contributed by atoms with Crippen LogP contribution >= 0.6 is 0 Å². The maximum Gasteiger partial charge on any atom is 0.166 e. The normalized spacial score (nSPS) is 13.5. The molecule has 36 rings (SSSR count). The van der Waals surface area contributed by atoms with Crippen LogP contribution in [-0.4, -0.2) is 77.4 Å². The number of pyridine rings is 12. The van der Waals surface area contributed by atoms with E-state index in [1.807, 2.05) is 98.4 Å². The Morgan fingerprint density at radius 2 is 0.429 bits per heavy atom. The minimum absolute atomic E-state index is 0.870. The zero-order valence-electron chi connectivity index (χ0n) is 75.1. The van der Waals surface area contributed by atoms with Gasteiger partial charge in [0.2, 0.25) is 0 Å². The highest BCUT2D eigenvalue weighted by molar-refractivity contribution is 6.18. The molecule has 12 aromatic carbocycles. The molecule has 8 aliphatic carbocycles. The van der Waals surface area contributed by atoms with Crippen LogP contribution in [0, 0.1) is 0 Å². The Hall–Kier alpha value is -18.3. The lowest BCUT2D eigenvalue weighted by atomic mass is 9.94. The molecule has 0 aliphatic heterocycles. The summed E-state index contributed by atoms with van der Waals surface area (Å²) in [6.45, 7) is 0. The van der Waals surface area contributed by atoms with Gasteiger partial charge in [-0.2, -0.15) is 0 Å². The summed E-state index contributed by atoms with van der Waals surface area (Å²) in [5.41, 5.74) is 62.3. The van der Waals surface area contributed by atoms with Crippen LogP contribution in [-0.2, 0) is 51.4 Å². The van der Waals surface area contributed by atoms with Gasteiger partial charge in [0.25, 0.3) is 0 Å². The molecule has 28 aromatic rings. The topological polar surface area (TPSA) is 172 Å². The highest BCUT2D eigenvalue weighted by Crippen LogP contribution is 2.57. The molecule has 0 N–H and O–H groups in total. The fraction of sp³-hybridized carbons (Fsp3) is 0.0645. The number of aromatic nitrogens is 16. The Labute approximate surface area is 796 Å². The SMILES string of the molecule is c1ccc2c(c1)Cc1ccc3c(c1-2)-c1cc2nc4c5cccnc5c5cccnc5n4c2cc1C3.c1ccc2c(c1)Cc1ccc3c(c1-2)-c1cc2nc4c5ccncc5c5cccnc5n4c2cc1C3.c1ccc2c(c1)Cc1ccc3c(c1-2)-c1cc2nc4c5cnccc5c5cccnc5n4c2cc1C3.c1ccc2c(c1)Cc1ccc3c(c1-2)-c1cc2nc4c5ncccc5c5cccnc5n4c2cc1C3. The molecule has 0 spiro atoms. The summed E-state index contributed by atoms with van der Waals surface area (Å²) in [7, 11) is 0. The molecule has 0 saturated carbocycles. The van der Waals surface area contributed by atoms with E-state index in [2.05, 4.69) is 275 Å². The van der Waals surface area contributed by atoms with Gasteiger partial charge in [-0.05, 0) is 362 Å². The number of nitrogens with zero attached hydrogens (tertiary/aromatic N) is 16. The molecule has 0 amide bonds. The molecule has 16 heteroatoms. The van der Waals surface area contributed by atoms with Crippen molar-refractivity contribution < 1.29 is 0 Å². The summed E-state index contributed by atoms with van der Waals surface area (Å²) in [5.74, 6) is 0. The van der Waals surface area contributed by atoms with Gasteiger partial charge in [-0.15, -0.1) is 0 Å². The minimum atomic E-state index is 0.870. The summed E-state index contributed by atoms with van der Waals surface area (Å²) in [5, 5.41) is 10.9. The first-order chi connectivity index (χ1) is 69.4. The number of benzene rings is 12. The van der Waals surface area contributed by atoms with E-state index in [1.54, 1.807) is 0 Å². The molecule has 0 fully saturated rings. The maximum absolute atomic E-state index is 5.18. The third-order valence-corrected chi connectivity index (χ3v) is 31.6. The van der Waals surface area contributed by atoms with Gasteiger partial charge >= 0.3 is 0 Å². The average molecular weight is 1790 g/mol. The van der Waals surface area contributed by atoms with Crippen LogP contribution in [0.15, 0.2) is 341 Å². The predicted molar refractivity (Wildman–Crippen MR) is 559 cm³/mol. The van der Waals surface area contributed by atoms with Gasteiger partial charge in [0.1, 0.15) is 45.0 Å². The van der Waals surface area contributed by atoms with Gasteiger partial charge in [-0.1, -0.05) is 152 Å². The first-order valence-electron chi connectivity index (χ1n) is 48.2. The summed E-state index contributed by atoms with van der Waals surface area (Å²) >= 11 is 0. The van der Waals surface area contributed by atoms with Gasteiger partial charge < -0.3 is 0 Å². The highest BCUT2D eigenvalue weighted by atomic mass is 15.1. The van der Waals surface area contributed by atoms with Gasteiger partial charge in [0.05, 0.1) is 49.7 Å². The van der Waals surface area contributed by atoms with Crippen molar-refractivity contribution >= 4 is 154 Å². The zero-order valence-corrected chi connectivity index (χ0v) is 75.1. The fourth-order valence-corrected chi connectivity index (χ4v) is 25.8. The molecule has 140 heavy (non-hydrogen) atoms. The second-order valence-corrected chi connectivity index (χ2v) is 38.8. The average Bonchev–Trinajstić information content (AvgIpc) is 1.57. The van der Waals surface area contributed by atoms with Crippen LogP contribution < -0.4 is 0 Å². The second-order valence-electron chi connectivity index (χ2n) is 38.8. The standard InChI is InChI=1S/4C31H18N4/c1-2-6-21-17(5-1)13-18-9-10-19-14-20-15-26-25(16-24(20)28(19)27(18)21)34-31-23-8-3-11-32-29(23)22-7-4-12-33-30(22)35(26)31;1-2-6-21-17(5-1)13-18-9-10-19-14-20-15-26-25(16-24(20)28(19)27(18)21)34-31-29-22(7-3-11-32-29)23-8-4-12-33-30(23)35(26)31;1-2-5-21-17(4-1)12-18-7-8-19-13-20-14-27-26(15-24(20)29(19)28(18)21)34-31-25-16-32-11-9-22(25)23-6-3-10-33-30(23)35(27)31;1-2-5-21-17(4-1)12-18-7-8-19-13-20-14-27-26(15-24(20)29(19)28(18)21)34-31-23-9-11-32-16-25(23)22-6-3-10-33-30(22)35(27)31/h2*1-12,15-16H,13-14H2;2*1-11,14-16H,12-13H2. The maximum atomic E-state index is 5.18. The van der Waals surface area contributed by atoms with Crippen LogP contribution in [0.2, 0.25) is 0 Å². The van der Waals surface area contributed by atoms with Crippen LogP contribution in [0.4, 0.5) is 0 Å². The molecule has 8 aliphatic rings. The van der Waals surface area contributed by atoms with E-state index in [9.17, 15) is 0 Å². The van der Waals surface area contributed by atoms with Crippen LogP contribution in [0.1, 0.15) is 89.0 Å². The molecule has 0 radical (unpaired) electrons. The monoisotopic (exact) mass is 1780 g/mol. The Bertz CT molecular complexity index is 9460. The van der Waals surface area contributed by atoms with E-state index in [0.717, 1.165) is 206 Å². The third kappa shape index (κ3) is 10.3.